The fourth-order valence-corrected chi connectivity index (χ4v) is 2.31. The molecule has 3 atom stereocenters. The molecule has 0 bridgehead atoms. The summed E-state index contributed by atoms with van der Waals surface area (Å²) in [6.45, 7) is 5.08. The molecule has 0 aromatic heterocycles. The molecular weight excluding hydrogens is 282 g/mol. The molecule has 0 saturated carbocycles. The van der Waals surface area contributed by atoms with E-state index >= 15 is 0 Å². The third kappa shape index (κ3) is 5.16. The molecular formula is C18H24ClNO. The fourth-order valence-electron chi connectivity index (χ4n) is 2.31. The van der Waals surface area contributed by atoms with Gasteiger partial charge in [0, 0.05) is 12.6 Å². The maximum atomic E-state index is 10.3. The summed E-state index contributed by atoms with van der Waals surface area (Å²) in [6.07, 6.45) is -0.473. The Balaban J connectivity index is 0.00000220. The van der Waals surface area contributed by atoms with Gasteiger partial charge in [0.15, 0.2) is 0 Å². The van der Waals surface area contributed by atoms with E-state index in [1.165, 1.54) is 5.56 Å². The van der Waals surface area contributed by atoms with E-state index in [0.717, 1.165) is 12.1 Å². The van der Waals surface area contributed by atoms with Crippen molar-refractivity contribution in [1.82, 2.24) is 5.32 Å². The van der Waals surface area contributed by atoms with Gasteiger partial charge in [-0.25, -0.2) is 0 Å². The topological polar surface area (TPSA) is 32.3 Å². The third-order valence-corrected chi connectivity index (χ3v) is 3.73. The zero-order chi connectivity index (χ0) is 14.4. The standard InChI is InChI=1S/C18H23NO.ClH/c1-14(16-9-5-3-6-10-16)13-19-15(2)18(20)17-11-7-4-8-12-17;/h3-12,14-15,18-20H,13H2,1-2H3;1H. The summed E-state index contributed by atoms with van der Waals surface area (Å²) in [5.74, 6) is 0.432. The Hall–Kier alpha value is -1.35. The third-order valence-electron chi connectivity index (χ3n) is 3.73. The van der Waals surface area contributed by atoms with E-state index < -0.39 is 6.10 Å². The molecule has 0 fully saturated rings. The molecule has 3 unspecified atom stereocenters. The van der Waals surface area contributed by atoms with Gasteiger partial charge in [0.1, 0.15) is 0 Å². The van der Waals surface area contributed by atoms with E-state index in [0.29, 0.717) is 5.92 Å². The number of hydrogen-bond acceptors (Lipinski definition) is 2. The molecule has 0 aliphatic rings. The van der Waals surface area contributed by atoms with Crippen molar-refractivity contribution in [1.29, 1.82) is 0 Å². The van der Waals surface area contributed by atoms with Gasteiger partial charge in [-0.3, -0.25) is 0 Å². The Labute approximate surface area is 133 Å². The normalized spacial score (nSPS) is 14.8. The van der Waals surface area contributed by atoms with E-state index in [1.807, 2.05) is 43.3 Å². The van der Waals surface area contributed by atoms with Crippen LogP contribution >= 0.6 is 12.4 Å². The van der Waals surface area contributed by atoms with Gasteiger partial charge in [-0.2, -0.15) is 0 Å². The summed E-state index contributed by atoms with van der Waals surface area (Å²) < 4.78 is 0. The first-order valence-electron chi connectivity index (χ1n) is 7.20. The van der Waals surface area contributed by atoms with Crippen molar-refractivity contribution in [2.75, 3.05) is 6.54 Å². The van der Waals surface area contributed by atoms with Crippen molar-refractivity contribution in [2.24, 2.45) is 0 Å². The highest BCUT2D eigenvalue weighted by Gasteiger charge is 2.16. The van der Waals surface area contributed by atoms with Gasteiger partial charge in [0.2, 0.25) is 0 Å². The molecule has 2 nitrogen and oxygen atoms in total. The molecule has 0 heterocycles. The molecule has 2 aromatic rings. The van der Waals surface area contributed by atoms with Crippen LogP contribution in [-0.4, -0.2) is 17.7 Å². The lowest BCUT2D eigenvalue weighted by Gasteiger charge is -2.23. The molecule has 2 rings (SSSR count). The first-order chi connectivity index (χ1) is 9.68. The van der Waals surface area contributed by atoms with Crippen molar-refractivity contribution in [3.8, 4) is 0 Å². The van der Waals surface area contributed by atoms with Crippen molar-refractivity contribution in [3.63, 3.8) is 0 Å². The number of halogens is 1. The van der Waals surface area contributed by atoms with Crippen LogP contribution in [0.25, 0.3) is 0 Å². The van der Waals surface area contributed by atoms with Gasteiger partial charge in [-0.1, -0.05) is 67.6 Å². The van der Waals surface area contributed by atoms with Crippen LogP contribution in [0.3, 0.4) is 0 Å². The predicted molar refractivity (Wildman–Crippen MR) is 91.0 cm³/mol. The molecule has 3 heteroatoms. The molecule has 0 saturated heterocycles. The lowest BCUT2D eigenvalue weighted by atomic mass is 9.99. The Kier molecular flexibility index (Phi) is 7.44. The second-order valence-corrected chi connectivity index (χ2v) is 5.36. The lowest BCUT2D eigenvalue weighted by molar-refractivity contribution is 0.135. The highest BCUT2D eigenvalue weighted by atomic mass is 35.5. The van der Waals surface area contributed by atoms with Gasteiger partial charge in [0.25, 0.3) is 0 Å². The molecule has 0 aliphatic heterocycles. The first kappa shape index (κ1) is 17.7. The largest absolute Gasteiger partial charge is 0.387 e. The molecule has 0 aliphatic carbocycles. The van der Waals surface area contributed by atoms with Crippen molar-refractivity contribution in [2.45, 2.75) is 31.9 Å². The minimum Gasteiger partial charge on any atom is -0.387 e. The Bertz CT molecular complexity index is 503. The molecule has 0 spiro atoms. The maximum Gasteiger partial charge on any atom is 0.0940 e. The Morgan fingerprint density at radius 2 is 1.33 bits per heavy atom. The van der Waals surface area contributed by atoms with Crippen molar-refractivity contribution < 1.29 is 5.11 Å². The number of aliphatic hydroxyl groups excluding tert-OH is 1. The van der Waals surface area contributed by atoms with Crippen LogP contribution in [0.5, 0.6) is 0 Å². The van der Waals surface area contributed by atoms with E-state index in [9.17, 15) is 5.11 Å². The smallest absolute Gasteiger partial charge is 0.0940 e. The number of hydrogen-bond donors (Lipinski definition) is 2. The molecule has 2 aromatic carbocycles. The first-order valence-corrected chi connectivity index (χ1v) is 7.20. The number of nitrogens with one attached hydrogen (secondary N) is 1. The average Bonchev–Trinajstić information content (AvgIpc) is 2.53. The van der Waals surface area contributed by atoms with Gasteiger partial charge < -0.3 is 10.4 Å². The van der Waals surface area contributed by atoms with Gasteiger partial charge in [0.05, 0.1) is 6.10 Å². The minimum absolute atomic E-state index is 0. The number of rotatable bonds is 6. The van der Waals surface area contributed by atoms with Gasteiger partial charge >= 0.3 is 0 Å². The Morgan fingerprint density at radius 3 is 1.86 bits per heavy atom. The minimum atomic E-state index is -0.473. The van der Waals surface area contributed by atoms with Crippen LogP contribution in [-0.2, 0) is 0 Å². The molecule has 114 valence electrons. The summed E-state index contributed by atoms with van der Waals surface area (Å²) in [6, 6.07) is 20.3. The lowest BCUT2D eigenvalue weighted by Crippen LogP contribution is -2.34. The van der Waals surface area contributed by atoms with Gasteiger partial charge in [-0.05, 0) is 24.0 Å². The van der Waals surface area contributed by atoms with Crippen LogP contribution in [0.15, 0.2) is 60.7 Å². The summed E-state index contributed by atoms with van der Waals surface area (Å²) in [5.41, 5.74) is 2.28. The van der Waals surface area contributed by atoms with E-state index in [4.69, 9.17) is 0 Å². The summed E-state index contributed by atoms with van der Waals surface area (Å²) in [5, 5.41) is 13.7. The van der Waals surface area contributed by atoms with Crippen molar-refractivity contribution >= 4 is 12.4 Å². The number of benzene rings is 2. The zero-order valence-electron chi connectivity index (χ0n) is 12.6. The molecule has 0 amide bonds. The molecule has 2 N–H and O–H groups in total. The predicted octanol–water partition coefficient (Wildman–Crippen LogP) is 3.92. The van der Waals surface area contributed by atoms with Crippen LogP contribution in [0.2, 0.25) is 0 Å². The van der Waals surface area contributed by atoms with Gasteiger partial charge in [-0.15, -0.1) is 12.4 Å². The highest BCUT2D eigenvalue weighted by molar-refractivity contribution is 5.85. The zero-order valence-corrected chi connectivity index (χ0v) is 13.4. The summed E-state index contributed by atoms with van der Waals surface area (Å²) in [7, 11) is 0. The van der Waals surface area contributed by atoms with Crippen LogP contribution in [0.1, 0.15) is 37.0 Å². The maximum absolute atomic E-state index is 10.3. The molecule has 21 heavy (non-hydrogen) atoms. The number of aliphatic hydroxyl groups is 1. The summed E-state index contributed by atoms with van der Waals surface area (Å²) in [4.78, 5) is 0. The highest BCUT2D eigenvalue weighted by Crippen LogP contribution is 2.18. The van der Waals surface area contributed by atoms with E-state index in [-0.39, 0.29) is 18.4 Å². The van der Waals surface area contributed by atoms with Crippen LogP contribution in [0, 0.1) is 0 Å². The van der Waals surface area contributed by atoms with Crippen molar-refractivity contribution in [3.05, 3.63) is 71.8 Å². The quantitative estimate of drug-likeness (QED) is 0.847. The summed E-state index contributed by atoms with van der Waals surface area (Å²) >= 11 is 0. The Morgan fingerprint density at radius 1 is 0.857 bits per heavy atom. The van der Waals surface area contributed by atoms with Crippen LogP contribution < -0.4 is 5.32 Å². The van der Waals surface area contributed by atoms with E-state index in [2.05, 4.69) is 36.5 Å². The average molecular weight is 306 g/mol. The molecule has 0 radical (unpaired) electrons. The van der Waals surface area contributed by atoms with Crippen LogP contribution in [0.4, 0.5) is 0 Å². The van der Waals surface area contributed by atoms with E-state index in [1.54, 1.807) is 0 Å². The monoisotopic (exact) mass is 305 g/mol. The SMILES string of the molecule is CC(CNC(C)C(O)c1ccccc1)c1ccccc1.Cl. The second kappa shape index (κ2) is 8.83. The second-order valence-electron chi connectivity index (χ2n) is 5.36. The fraction of sp³-hybridized carbons (Fsp3) is 0.333.